The molecule has 0 amide bonds. The molecule has 1 fully saturated rings. The van der Waals surface area contributed by atoms with Crippen molar-refractivity contribution in [3.63, 3.8) is 0 Å². The van der Waals surface area contributed by atoms with Crippen LogP contribution in [0.1, 0.15) is 31.9 Å². The Balaban J connectivity index is 1.76. The topological polar surface area (TPSA) is 96.7 Å². The van der Waals surface area contributed by atoms with Crippen LogP contribution in [0.5, 0.6) is 0 Å². The molecule has 5 atom stereocenters. The van der Waals surface area contributed by atoms with Crippen LogP contribution >= 0.6 is 0 Å². The molecule has 0 aliphatic carbocycles. The van der Waals surface area contributed by atoms with Crippen molar-refractivity contribution in [1.82, 2.24) is 0 Å². The quantitative estimate of drug-likeness (QED) is 0.378. The number of benzene rings is 2. The summed E-state index contributed by atoms with van der Waals surface area (Å²) in [6.07, 6.45) is -2.68. The number of nitrogens with zero attached hydrogens (tertiary/aromatic N) is 3. The summed E-state index contributed by atoms with van der Waals surface area (Å²) in [5.74, 6) is 0. The van der Waals surface area contributed by atoms with Gasteiger partial charge < -0.3 is 19.3 Å². The summed E-state index contributed by atoms with van der Waals surface area (Å²) in [6, 6.07) is 18.9. The SMILES string of the molecule is CC(C)(C)[C@H]1OC(COCc2ccccc2)[C@@H](OCc2ccccc2)C(O)C1N=[N+]=[N-]. The van der Waals surface area contributed by atoms with Gasteiger partial charge in [-0.2, -0.15) is 0 Å². The molecule has 7 nitrogen and oxygen atoms in total. The van der Waals surface area contributed by atoms with Gasteiger partial charge in [0.2, 0.25) is 0 Å². The highest BCUT2D eigenvalue weighted by molar-refractivity contribution is 5.14. The summed E-state index contributed by atoms with van der Waals surface area (Å²) >= 11 is 0. The van der Waals surface area contributed by atoms with Gasteiger partial charge in [0.05, 0.1) is 38.1 Å². The Morgan fingerprint density at radius 1 is 1.00 bits per heavy atom. The number of rotatable bonds is 8. The first-order valence-corrected chi connectivity index (χ1v) is 10.5. The van der Waals surface area contributed by atoms with E-state index >= 15 is 0 Å². The van der Waals surface area contributed by atoms with Crippen molar-refractivity contribution < 1.29 is 19.3 Å². The van der Waals surface area contributed by atoms with E-state index in [-0.39, 0.29) is 12.0 Å². The molecule has 7 heteroatoms. The second-order valence-electron chi connectivity index (χ2n) is 8.91. The monoisotopic (exact) mass is 425 g/mol. The predicted molar refractivity (Wildman–Crippen MR) is 118 cm³/mol. The number of hydrogen-bond acceptors (Lipinski definition) is 5. The third-order valence-electron chi connectivity index (χ3n) is 5.40. The minimum absolute atomic E-state index is 0.251. The van der Waals surface area contributed by atoms with E-state index in [2.05, 4.69) is 10.0 Å². The van der Waals surface area contributed by atoms with Gasteiger partial charge in [-0.15, -0.1) is 0 Å². The Labute approximate surface area is 183 Å². The maximum Gasteiger partial charge on any atom is 0.113 e. The van der Waals surface area contributed by atoms with E-state index in [0.29, 0.717) is 13.2 Å². The number of aliphatic hydroxyl groups is 1. The molecule has 0 radical (unpaired) electrons. The van der Waals surface area contributed by atoms with Crippen LogP contribution in [0.15, 0.2) is 65.8 Å². The zero-order valence-corrected chi connectivity index (χ0v) is 18.3. The van der Waals surface area contributed by atoms with Crippen molar-refractivity contribution in [2.75, 3.05) is 6.61 Å². The summed E-state index contributed by atoms with van der Waals surface area (Å²) in [5.41, 5.74) is 10.8. The molecule has 0 spiro atoms. The molecule has 1 aliphatic rings. The van der Waals surface area contributed by atoms with Crippen molar-refractivity contribution >= 4 is 0 Å². The summed E-state index contributed by atoms with van der Waals surface area (Å²) < 4.78 is 18.4. The molecule has 1 N–H and O–H groups in total. The van der Waals surface area contributed by atoms with Crippen molar-refractivity contribution in [1.29, 1.82) is 0 Å². The number of azide groups is 1. The maximum absolute atomic E-state index is 11.1. The number of ether oxygens (including phenoxy) is 3. The lowest BCUT2D eigenvalue weighted by Crippen LogP contribution is -2.61. The third kappa shape index (κ3) is 6.29. The van der Waals surface area contributed by atoms with Crippen LogP contribution in [0, 0.1) is 5.41 Å². The van der Waals surface area contributed by atoms with Gasteiger partial charge in [-0.25, -0.2) is 0 Å². The van der Waals surface area contributed by atoms with Crippen molar-refractivity contribution in [3.8, 4) is 0 Å². The summed E-state index contributed by atoms with van der Waals surface area (Å²) in [5, 5.41) is 15.0. The van der Waals surface area contributed by atoms with Gasteiger partial charge in [0.15, 0.2) is 0 Å². The van der Waals surface area contributed by atoms with Gasteiger partial charge in [0.1, 0.15) is 12.2 Å². The van der Waals surface area contributed by atoms with Gasteiger partial charge in [0.25, 0.3) is 0 Å². The molecule has 3 rings (SSSR count). The molecular formula is C24H31N3O4. The predicted octanol–water partition coefficient (Wildman–Crippen LogP) is 4.64. The smallest absolute Gasteiger partial charge is 0.113 e. The maximum atomic E-state index is 11.1. The van der Waals surface area contributed by atoms with Crippen LogP contribution in [0.2, 0.25) is 0 Å². The molecule has 0 bridgehead atoms. The van der Waals surface area contributed by atoms with Crippen molar-refractivity contribution in [2.24, 2.45) is 10.5 Å². The van der Waals surface area contributed by atoms with E-state index in [0.717, 1.165) is 11.1 Å². The second kappa shape index (κ2) is 10.8. The first-order chi connectivity index (χ1) is 14.9. The van der Waals surface area contributed by atoms with E-state index in [1.54, 1.807) is 0 Å². The lowest BCUT2D eigenvalue weighted by atomic mass is 9.79. The van der Waals surface area contributed by atoms with Gasteiger partial charge >= 0.3 is 0 Å². The molecule has 0 aromatic heterocycles. The highest BCUT2D eigenvalue weighted by atomic mass is 16.6. The average molecular weight is 426 g/mol. The molecule has 31 heavy (non-hydrogen) atoms. The van der Waals surface area contributed by atoms with Crippen LogP contribution in [0.4, 0.5) is 0 Å². The van der Waals surface area contributed by atoms with E-state index in [1.807, 2.05) is 81.4 Å². The Morgan fingerprint density at radius 3 is 2.13 bits per heavy atom. The zero-order chi connectivity index (χ0) is 22.3. The molecular weight excluding hydrogens is 394 g/mol. The average Bonchev–Trinajstić information content (AvgIpc) is 2.75. The van der Waals surface area contributed by atoms with E-state index < -0.39 is 30.5 Å². The molecule has 3 unspecified atom stereocenters. The summed E-state index contributed by atoms with van der Waals surface area (Å²) in [4.78, 5) is 2.95. The molecule has 166 valence electrons. The van der Waals surface area contributed by atoms with E-state index in [4.69, 9.17) is 19.7 Å². The summed E-state index contributed by atoms with van der Waals surface area (Å²) in [6.45, 7) is 6.99. The second-order valence-corrected chi connectivity index (χ2v) is 8.91. The Bertz CT molecular complexity index is 850. The van der Waals surface area contributed by atoms with Crippen LogP contribution in [-0.2, 0) is 27.4 Å². The summed E-state index contributed by atoms with van der Waals surface area (Å²) in [7, 11) is 0. The van der Waals surface area contributed by atoms with Crippen LogP contribution in [0.25, 0.3) is 10.4 Å². The standard InChI is InChI=1S/C24H31N3O4/c1-24(2,3)23-20(26-27-25)21(28)22(30-15-18-12-8-5-9-13-18)19(31-23)16-29-14-17-10-6-4-7-11-17/h4-13,19-23,28H,14-16H2,1-3H3/t19?,20?,21?,22-,23+/m1/s1. The van der Waals surface area contributed by atoms with Gasteiger partial charge in [-0.1, -0.05) is 86.5 Å². The highest BCUT2D eigenvalue weighted by Gasteiger charge is 2.49. The molecule has 2 aromatic rings. The molecule has 2 aromatic carbocycles. The van der Waals surface area contributed by atoms with Gasteiger partial charge in [-0.3, -0.25) is 0 Å². The van der Waals surface area contributed by atoms with Gasteiger partial charge in [-0.05, 0) is 22.1 Å². The Kier molecular flexibility index (Phi) is 8.07. The lowest BCUT2D eigenvalue weighted by Gasteiger charge is -2.47. The van der Waals surface area contributed by atoms with E-state index in [9.17, 15) is 5.11 Å². The largest absolute Gasteiger partial charge is 0.390 e. The van der Waals surface area contributed by atoms with Crippen molar-refractivity contribution in [3.05, 3.63) is 82.2 Å². The van der Waals surface area contributed by atoms with Gasteiger partial charge in [0, 0.05) is 4.91 Å². The fourth-order valence-corrected chi connectivity index (χ4v) is 3.82. The molecule has 1 saturated heterocycles. The Morgan fingerprint density at radius 2 is 1.58 bits per heavy atom. The molecule has 0 saturated carbocycles. The Hall–Kier alpha value is -2.41. The lowest BCUT2D eigenvalue weighted by molar-refractivity contribution is -0.232. The molecule has 1 aliphatic heterocycles. The fourth-order valence-electron chi connectivity index (χ4n) is 3.82. The van der Waals surface area contributed by atoms with Crippen LogP contribution < -0.4 is 0 Å². The van der Waals surface area contributed by atoms with Crippen molar-refractivity contribution in [2.45, 2.75) is 64.4 Å². The third-order valence-corrected chi connectivity index (χ3v) is 5.40. The zero-order valence-electron chi connectivity index (χ0n) is 18.3. The normalized spacial score (nSPS) is 26.3. The van der Waals surface area contributed by atoms with Crippen LogP contribution in [0.3, 0.4) is 0 Å². The minimum Gasteiger partial charge on any atom is -0.390 e. The first kappa shape index (κ1) is 23.3. The number of aliphatic hydroxyl groups excluding tert-OH is 1. The minimum atomic E-state index is -1.01. The van der Waals surface area contributed by atoms with Crippen LogP contribution in [-0.4, -0.2) is 42.2 Å². The van der Waals surface area contributed by atoms with E-state index in [1.165, 1.54) is 0 Å². The first-order valence-electron chi connectivity index (χ1n) is 10.5. The fraction of sp³-hybridized carbons (Fsp3) is 0.500. The molecule has 1 heterocycles. The highest BCUT2D eigenvalue weighted by Crippen LogP contribution is 2.36. The number of hydrogen-bond donors (Lipinski definition) is 1.